The van der Waals surface area contributed by atoms with Crippen molar-refractivity contribution in [3.8, 4) is 0 Å². The summed E-state index contributed by atoms with van der Waals surface area (Å²) in [5.74, 6) is -1.89. The number of hydrogen-bond donors (Lipinski definition) is 1. The molecule has 1 aliphatic heterocycles. The molecule has 0 amide bonds. The fourth-order valence-electron chi connectivity index (χ4n) is 2.59. The maximum Gasteiger partial charge on any atom is 0.466 e. The molecule has 1 aliphatic rings. The number of methoxy groups -OCH3 is 1. The summed E-state index contributed by atoms with van der Waals surface area (Å²) in [7, 11) is 0.648. The van der Waals surface area contributed by atoms with Crippen LogP contribution in [0.5, 0.6) is 0 Å². The summed E-state index contributed by atoms with van der Waals surface area (Å²) in [5, 5.41) is 9.20. The number of esters is 1. The van der Waals surface area contributed by atoms with Crippen LogP contribution in [0.3, 0.4) is 0 Å². The van der Waals surface area contributed by atoms with Crippen LogP contribution in [-0.2, 0) is 18.8 Å². The molecule has 1 N–H and O–H groups in total. The first-order chi connectivity index (χ1) is 11.1. The third-order valence-electron chi connectivity index (χ3n) is 4.78. The Morgan fingerprint density at radius 3 is 2.29 bits per heavy atom. The van der Waals surface area contributed by atoms with E-state index in [9.17, 15) is 14.7 Å². The van der Waals surface area contributed by atoms with Gasteiger partial charge in [0.1, 0.15) is 0 Å². The molecule has 0 aliphatic carbocycles. The number of carboxylic acids is 1. The number of hydrogen-bond acceptors (Lipinski definition) is 5. The summed E-state index contributed by atoms with van der Waals surface area (Å²) >= 11 is 0. The van der Waals surface area contributed by atoms with Crippen LogP contribution in [0.15, 0.2) is 24.3 Å². The van der Waals surface area contributed by atoms with Crippen LogP contribution in [0.4, 0.5) is 0 Å². The Balaban J connectivity index is 2.38. The van der Waals surface area contributed by atoms with E-state index in [0.29, 0.717) is 5.56 Å². The van der Waals surface area contributed by atoms with Gasteiger partial charge in [-0.15, -0.1) is 0 Å². The summed E-state index contributed by atoms with van der Waals surface area (Å²) in [6.07, 6.45) is 0.0381. The Morgan fingerprint density at radius 1 is 1.21 bits per heavy atom. The second-order valence-electron chi connectivity index (χ2n) is 6.94. The van der Waals surface area contributed by atoms with Crippen molar-refractivity contribution >= 4 is 19.1 Å². The molecule has 1 fully saturated rings. The summed E-state index contributed by atoms with van der Waals surface area (Å²) < 4.78 is 16.9. The number of aromatic carboxylic acids is 1. The van der Waals surface area contributed by atoms with E-state index in [-0.39, 0.29) is 12.0 Å². The molecule has 1 saturated heterocycles. The molecular weight excluding hydrogens is 311 g/mol. The van der Waals surface area contributed by atoms with Crippen LogP contribution in [0.2, 0.25) is 0 Å². The minimum Gasteiger partial charge on any atom is -0.478 e. The molecule has 1 heterocycles. The van der Waals surface area contributed by atoms with Crippen molar-refractivity contribution in [3.63, 3.8) is 0 Å². The lowest BCUT2D eigenvalue weighted by molar-refractivity contribution is -0.140. The van der Waals surface area contributed by atoms with Crippen LogP contribution in [-0.4, -0.2) is 42.5 Å². The van der Waals surface area contributed by atoms with Crippen molar-refractivity contribution in [2.75, 3.05) is 7.11 Å². The second kappa shape index (κ2) is 6.57. The molecule has 6 nitrogen and oxygen atoms in total. The van der Waals surface area contributed by atoms with Crippen molar-refractivity contribution in [2.45, 2.75) is 51.1 Å². The van der Waals surface area contributed by atoms with Gasteiger partial charge in [0.05, 0.1) is 30.3 Å². The normalized spacial score (nSPS) is 19.8. The van der Waals surface area contributed by atoms with Gasteiger partial charge in [0.25, 0.3) is 0 Å². The van der Waals surface area contributed by atoms with Crippen LogP contribution in [0, 0.1) is 0 Å². The highest BCUT2D eigenvalue weighted by Crippen LogP contribution is 2.41. The zero-order valence-electron chi connectivity index (χ0n) is 14.7. The zero-order valence-corrected chi connectivity index (χ0v) is 14.7. The molecule has 24 heavy (non-hydrogen) atoms. The molecule has 1 unspecified atom stereocenters. The van der Waals surface area contributed by atoms with Gasteiger partial charge in [0, 0.05) is 5.82 Å². The quantitative estimate of drug-likeness (QED) is 0.658. The summed E-state index contributed by atoms with van der Waals surface area (Å²) in [6.45, 7) is 7.71. The monoisotopic (exact) mass is 334 g/mol. The lowest BCUT2D eigenvalue weighted by Gasteiger charge is -2.32. The van der Waals surface area contributed by atoms with Crippen LogP contribution in [0.25, 0.3) is 0 Å². The number of carboxylic acid groups (broad SMARTS) is 1. The van der Waals surface area contributed by atoms with Gasteiger partial charge in [-0.05, 0) is 45.4 Å². The summed E-state index contributed by atoms with van der Waals surface area (Å²) in [5.41, 5.74) is -0.273. The van der Waals surface area contributed by atoms with Crippen LogP contribution >= 0.6 is 0 Å². The third-order valence-corrected chi connectivity index (χ3v) is 4.78. The van der Waals surface area contributed by atoms with Crippen molar-refractivity contribution in [2.24, 2.45) is 0 Å². The van der Waals surface area contributed by atoms with Gasteiger partial charge in [0.2, 0.25) is 0 Å². The molecule has 130 valence electrons. The Hall–Kier alpha value is -1.86. The predicted octanol–water partition coefficient (Wildman–Crippen LogP) is 2.66. The molecule has 1 aromatic carbocycles. The molecule has 0 bridgehead atoms. The highest BCUT2D eigenvalue weighted by Gasteiger charge is 2.54. The third kappa shape index (κ3) is 3.62. The van der Waals surface area contributed by atoms with Gasteiger partial charge in [-0.2, -0.15) is 0 Å². The van der Waals surface area contributed by atoms with Crippen LogP contribution in [0.1, 0.15) is 55.9 Å². The van der Waals surface area contributed by atoms with Gasteiger partial charge in [0.15, 0.2) is 0 Å². The van der Waals surface area contributed by atoms with Gasteiger partial charge in [-0.1, -0.05) is 12.1 Å². The van der Waals surface area contributed by atoms with E-state index >= 15 is 0 Å². The fraction of sp³-hybridized carbons (Fsp3) is 0.529. The van der Waals surface area contributed by atoms with Crippen molar-refractivity contribution in [1.82, 2.24) is 0 Å². The largest absolute Gasteiger partial charge is 0.478 e. The van der Waals surface area contributed by atoms with E-state index < -0.39 is 36.1 Å². The van der Waals surface area contributed by atoms with E-state index in [1.165, 1.54) is 13.2 Å². The Bertz CT molecular complexity index is 624. The van der Waals surface area contributed by atoms with Gasteiger partial charge >= 0.3 is 19.1 Å². The van der Waals surface area contributed by atoms with E-state index in [1.54, 1.807) is 18.2 Å². The summed E-state index contributed by atoms with van der Waals surface area (Å²) in [4.78, 5) is 23.1. The van der Waals surface area contributed by atoms with Crippen molar-refractivity contribution in [1.29, 1.82) is 0 Å². The number of ether oxygens (including phenoxy) is 1. The minimum atomic E-state index is -1.03. The Labute approximate surface area is 142 Å². The molecule has 0 spiro atoms. The van der Waals surface area contributed by atoms with E-state index in [2.05, 4.69) is 0 Å². The Kier molecular flexibility index (Phi) is 5.06. The number of benzene rings is 1. The van der Waals surface area contributed by atoms with Crippen molar-refractivity contribution < 1.29 is 28.7 Å². The molecule has 2 rings (SSSR count). The van der Waals surface area contributed by atoms with E-state index in [4.69, 9.17) is 14.0 Å². The zero-order chi connectivity index (χ0) is 18.1. The fourth-order valence-corrected chi connectivity index (χ4v) is 2.59. The molecular formula is C17H23BO6. The van der Waals surface area contributed by atoms with Crippen molar-refractivity contribution in [3.05, 3.63) is 35.4 Å². The number of carbonyl (C=O) groups excluding carboxylic acids is 1. The van der Waals surface area contributed by atoms with Gasteiger partial charge < -0.3 is 19.2 Å². The molecule has 0 aromatic heterocycles. The standard InChI is InChI=1S/C17H23BO6/c1-16(2)17(3,4)24-18(23-16)13(10-14(19)22-5)11-7-6-8-12(9-11)15(20)21/h6-9,13H,10H2,1-5H3,(H,20,21). The Morgan fingerprint density at radius 2 is 1.79 bits per heavy atom. The SMILES string of the molecule is COC(=O)CC(B1OC(C)(C)C(C)(C)O1)c1cccc(C(=O)O)c1. The van der Waals surface area contributed by atoms with Crippen LogP contribution < -0.4 is 0 Å². The molecule has 7 heteroatoms. The van der Waals surface area contributed by atoms with E-state index in [0.717, 1.165) is 0 Å². The minimum absolute atomic E-state index is 0.0381. The highest BCUT2D eigenvalue weighted by molar-refractivity contribution is 6.48. The first-order valence-corrected chi connectivity index (χ1v) is 7.83. The van der Waals surface area contributed by atoms with Gasteiger partial charge in [-0.25, -0.2) is 4.79 Å². The number of carbonyl (C=O) groups is 2. The van der Waals surface area contributed by atoms with E-state index in [1.807, 2.05) is 27.7 Å². The predicted molar refractivity (Wildman–Crippen MR) is 88.9 cm³/mol. The lowest BCUT2D eigenvalue weighted by atomic mass is 9.66. The highest BCUT2D eigenvalue weighted by atomic mass is 16.7. The number of rotatable bonds is 5. The lowest BCUT2D eigenvalue weighted by Crippen LogP contribution is -2.41. The van der Waals surface area contributed by atoms with Gasteiger partial charge in [-0.3, -0.25) is 4.79 Å². The first-order valence-electron chi connectivity index (χ1n) is 7.83. The topological polar surface area (TPSA) is 82.1 Å². The second-order valence-corrected chi connectivity index (χ2v) is 6.94. The maximum absolute atomic E-state index is 11.8. The molecule has 1 atom stereocenters. The molecule has 0 radical (unpaired) electrons. The first kappa shape index (κ1) is 18.5. The summed E-state index contributed by atoms with van der Waals surface area (Å²) in [6, 6.07) is 6.46. The molecule has 0 saturated carbocycles. The smallest absolute Gasteiger partial charge is 0.466 e. The molecule has 1 aromatic rings. The average Bonchev–Trinajstić information content (AvgIpc) is 2.72. The average molecular weight is 334 g/mol. The maximum atomic E-state index is 11.8.